The summed E-state index contributed by atoms with van der Waals surface area (Å²) in [7, 11) is 0. The van der Waals surface area contributed by atoms with Gasteiger partial charge in [0.25, 0.3) is 0 Å². The third kappa shape index (κ3) is 2.90. The quantitative estimate of drug-likeness (QED) is 0.344. The lowest BCUT2D eigenvalue weighted by Crippen LogP contribution is -1.90. The normalized spacial score (nSPS) is 10.8. The summed E-state index contributed by atoms with van der Waals surface area (Å²) in [6.07, 6.45) is 6.57. The van der Waals surface area contributed by atoms with E-state index in [1.54, 1.807) is 4.57 Å². The second-order valence-corrected chi connectivity index (χ2v) is 2.70. The van der Waals surface area contributed by atoms with E-state index in [-0.39, 0.29) is 5.82 Å². The van der Waals surface area contributed by atoms with Crippen molar-refractivity contribution in [1.29, 1.82) is 0 Å². The Hall–Kier alpha value is -1.30. The lowest BCUT2D eigenvalue weighted by Gasteiger charge is -1.90. The van der Waals surface area contributed by atoms with Gasteiger partial charge in [-0.15, -0.1) is 0 Å². The zero-order valence-corrected chi connectivity index (χ0v) is 7.72. The summed E-state index contributed by atoms with van der Waals surface area (Å²) >= 11 is 3.99. The number of rotatable bonds is 4. The summed E-state index contributed by atoms with van der Waals surface area (Å²) in [6, 6.07) is 0. The average molecular weight is 199 g/mol. The molecule has 0 aliphatic heterocycles. The van der Waals surface area contributed by atoms with Crippen LogP contribution in [0.4, 0.5) is 5.82 Å². The Labute approximate surface area is 80.6 Å². The molecule has 0 aliphatic carbocycles. The summed E-state index contributed by atoms with van der Waals surface area (Å²) in [6.45, 7) is 0.585. The molecule has 70 valence electrons. The molecule has 0 amide bonds. The van der Waals surface area contributed by atoms with E-state index in [0.29, 0.717) is 12.3 Å². The van der Waals surface area contributed by atoms with Gasteiger partial charge >= 0.3 is 5.82 Å². The summed E-state index contributed by atoms with van der Waals surface area (Å²) in [4.78, 5) is 13.3. The van der Waals surface area contributed by atoms with Crippen molar-refractivity contribution < 1.29 is 4.92 Å². The van der Waals surface area contributed by atoms with Gasteiger partial charge in [-0.25, -0.2) is 0 Å². The maximum Gasteiger partial charge on any atom is 0.381 e. The first-order chi connectivity index (χ1) is 6.24. The van der Waals surface area contributed by atoms with Crippen LogP contribution in [-0.4, -0.2) is 20.2 Å². The maximum atomic E-state index is 10.2. The summed E-state index contributed by atoms with van der Waals surface area (Å²) < 4.78 is 1.64. The van der Waals surface area contributed by atoms with Crippen LogP contribution in [0.5, 0.6) is 0 Å². The van der Waals surface area contributed by atoms with Crippen LogP contribution >= 0.6 is 12.6 Å². The predicted octanol–water partition coefficient (Wildman–Crippen LogP) is 1.28. The molecule has 0 bridgehead atoms. The first-order valence-corrected chi connectivity index (χ1v) is 4.29. The SMILES string of the molecule is O=[N+]([O-])c1cn(CC=CCS)cn1. The fraction of sp³-hybridized carbons (Fsp3) is 0.286. The van der Waals surface area contributed by atoms with Crippen LogP contribution in [0.15, 0.2) is 24.7 Å². The molecule has 0 spiro atoms. The summed E-state index contributed by atoms with van der Waals surface area (Å²) in [5.41, 5.74) is 0. The van der Waals surface area contributed by atoms with Crippen molar-refractivity contribution in [3.05, 3.63) is 34.8 Å². The molecule has 0 radical (unpaired) electrons. The molecule has 0 fully saturated rings. The van der Waals surface area contributed by atoms with E-state index >= 15 is 0 Å². The number of allylic oxidation sites excluding steroid dienone is 1. The van der Waals surface area contributed by atoms with Gasteiger partial charge in [0.15, 0.2) is 0 Å². The van der Waals surface area contributed by atoms with Crippen molar-refractivity contribution in [2.75, 3.05) is 5.75 Å². The molecule has 0 N–H and O–H groups in total. The van der Waals surface area contributed by atoms with Gasteiger partial charge < -0.3 is 14.7 Å². The molecule has 0 saturated carbocycles. The number of imidazole rings is 1. The third-order valence-corrected chi connectivity index (χ3v) is 1.61. The van der Waals surface area contributed by atoms with Gasteiger partial charge in [0.05, 0.1) is 0 Å². The molecular formula is C7H9N3O2S. The monoisotopic (exact) mass is 199 g/mol. The molecule has 1 aromatic heterocycles. The molecule has 0 aromatic carbocycles. The van der Waals surface area contributed by atoms with E-state index in [9.17, 15) is 10.1 Å². The van der Waals surface area contributed by atoms with Crippen LogP contribution in [-0.2, 0) is 6.54 Å². The highest BCUT2D eigenvalue weighted by Gasteiger charge is 2.07. The van der Waals surface area contributed by atoms with E-state index < -0.39 is 4.92 Å². The highest BCUT2D eigenvalue weighted by atomic mass is 32.1. The number of thiol groups is 1. The average Bonchev–Trinajstić information content (AvgIpc) is 2.53. The van der Waals surface area contributed by atoms with Crippen LogP contribution in [0.2, 0.25) is 0 Å². The van der Waals surface area contributed by atoms with Crippen molar-refractivity contribution in [3.63, 3.8) is 0 Å². The minimum Gasteiger partial charge on any atom is -0.358 e. The maximum absolute atomic E-state index is 10.2. The Kier molecular flexibility index (Phi) is 3.51. The van der Waals surface area contributed by atoms with Crippen molar-refractivity contribution in [2.24, 2.45) is 0 Å². The Bertz CT molecular complexity index is 321. The van der Waals surface area contributed by atoms with E-state index in [1.165, 1.54) is 12.5 Å². The third-order valence-electron chi connectivity index (χ3n) is 1.39. The topological polar surface area (TPSA) is 61.0 Å². The fourth-order valence-electron chi connectivity index (χ4n) is 0.813. The number of aromatic nitrogens is 2. The molecule has 5 nitrogen and oxygen atoms in total. The van der Waals surface area contributed by atoms with Crippen molar-refractivity contribution in [3.8, 4) is 0 Å². The van der Waals surface area contributed by atoms with E-state index in [0.717, 1.165) is 0 Å². The van der Waals surface area contributed by atoms with Gasteiger partial charge in [0.1, 0.15) is 6.20 Å². The van der Waals surface area contributed by atoms with Gasteiger partial charge in [0, 0.05) is 12.3 Å². The second-order valence-electron chi connectivity index (χ2n) is 2.34. The van der Waals surface area contributed by atoms with Crippen molar-refractivity contribution in [1.82, 2.24) is 9.55 Å². The van der Waals surface area contributed by atoms with Gasteiger partial charge in [-0.2, -0.15) is 12.6 Å². The van der Waals surface area contributed by atoms with Crippen LogP contribution in [0.3, 0.4) is 0 Å². The fourth-order valence-corrected chi connectivity index (χ4v) is 0.962. The minimum absolute atomic E-state index is 0.126. The molecule has 0 saturated heterocycles. The Morgan fingerprint density at radius 2 is 2.46 bits per heavy atom. The Morgan fingerprint density at radius 3 is 3.00 bits per heavy atom. The predicted molar refractivity (Wildman–Crippen MR) is 51.9 cm³/mol. The van der Waals surface area contributed by atoms with Gasteiger partial charge in [-0.1, -0.05) is 12.2 Å². The number of hydrogen-bond acceptors (Lipinski definition) is 4. The number of hydrogen-bond donors (Lipinski definition) is 1. The number of nitro groups is 1. The lowest BCUT2D eigenvalue weighted by atomic mass is 10.5. The lowest BCUT2D eigenvalue weighted by molar-refractivity contribution is -0.389. The van der Waals surface area contributed by atoms with Crippen LogP contribution in [0, 0.1) is 10.1 Å². The van der Waals surface area contributed by atoms with E-state index in [2.05, 4.69) is 17.6 Å². The van der Waals surface area contributed by atoms with Gasteiger partial charge in [0.2, 0.25) is 6.33 Å². The molecule has 1 aromatic rings. The second kappa shape index (κ2) is 4.66. The Morgan fingerprint density at radius 1 is 1.69 bits per heavy atom. The van der Waals surface area contributed by atoms with Crippen LogP contribution in [0.25, 0.3) is 0 Å². The van der Waals surface area contributed by atoms with Gasteiger partial charge in [-0.3, -0.25) is 0 Å². The van der Waals surface area contributed by atoms with Gasteiger partial charge in [-0.05, 0) is 9.91 Å². The molecule has 13 heavy (non-hydrogen) atoms. The molecule has 0 unspecified atom stereocenters. The standard InChI is InChI=1S/C7H9N3O2S/c11-10(12)7-5-9(6-8-7)3-1-2-4-13/h1-2,5-6,13H,3-4H2. The highest BCUT2D eigenvalue weighted by Crippen LogP contribution is 2.05. The summed E-state index contributed by atoms with van der Waals surface area (Å²) in [5.74, 6) is 0.538. The molecule has 0 atom stereocenters. The number of nitrogens with zero attached hydrogens (tertiary/aromatic N) is 3. The summed E-state index contributed by atoms with van der Waals surface area (Å²) in [5, 5.41) is 10.2. The minimum atomic E-state index is -0.515. The highest BCUT2D eigenvalue weighted by molar-refractivity contribution is 7.80. The van der Waals surface area contributed by atoms with E-state index in [4.69, 9.17) is 0 Å². The van der Waals surface area contributed by atoms with Crippen molar-refractivity contribution in [2.45, 2.75) is 6.54 Å². The largest absolute Gasteiger partial charge is 0.381 e. The molecule has 0 aliphatic rings. The first kappa shape index (κ1) is 9.79. The van der Waals surface area contributed by atoms with E-state index in [1.807, 2.05) is 12.2 Å². The van der Waals surface area contributed by atoms with Crippen LogP contribution in [0.1, 0.15) is 0 Å². The molecule has 1 heterocycles. The smallest absolute Gasteiger partial charge is 0.358 e. The van der Waals surface area contributed by atoms with Crippen LogP contribution < -0.4 is 0 Å². The van der Waals surface area contributed by atoms with Crippen molar-refractivity contribution >= 4 is 18.4 Å². The first-order valence-electron chi connectivity index (χ1n) is 3.66. The molecular weight excluding hydrogens is 190 g/mol. The zero-order valence-electron chi connectivity index (χ0n) is 6.83. The molecule has 6 heteroatoms. The molecule has 1 rings (SSSR count). The zero-order chi connectivity index (χ0) is 9.68. The Balaban J connectivity index is 2.59.